The van der Waals surface area contributed by atoms with E-state index in [1.807, 2.05) is 31.2 Å². The van der Waals surface area contributed by atoms with Crippen molar-refractivity contribution in [1.29, 1.82) is 0 Å². The van der Waals surface area contributed by atoms with Crippen LogP contribution in [0.25, 0.3) is 11.5 Å². The van der Waals surface area contributed by atoms with E-state index in [0.717, 1.165) is 54.9 Å². The number of likely N-dealkylation sites (tertiary alicyclic amines) is 1. The number of oxazole rings is 1. The molecule has 4 rings (SSSR count). The summed E-state index contributed by atoms with van der Waals surface area (Å²) in [5.74, 6) is 2.55. The van der Waals surface area contributed by atoms with Crippen LogP contribution in [0.1, 0.15) is 63.3 Å². The molecule has 1 saturated heterocycles. The van der Waals surface area contributed by atoms with Crippen molar-refractivity contribution in [3.8, 4) is 17.2 Å². The molecule has 0 radical (unpaired) electrons. The van der Waals surface area contributed by atoms with Gasteiger partial charge in [-0.15, -0.1) is 0 Å². The van der Waals surface area contributed by atoms with Gasteiger partial charge < -0.3 is 19.4 Å². The Bertz CT molecular complexity index is 765. The van der Waals surface area contributed by atoms with Gasteiger partial charge >= 0.3 is 0 Å². The summed E-state index contributed by atoms with van der Waals surface area (Å²) >= 11 is 0. The molecule has 0 spiro atoms. The zero-order valence-electron chi connectivity index (χ0n) is 18.0. The van der Waals surface area contributed by atoms with Gasteiger partial charge in [0.25, 0.3) is 0 Å². The van der Waals surface area contributed by atoms with E-state index in [9.17, 15) is 0 Å². The summed E-state index contributed by atoms with van der Waals surface area (Å²) in [5.41, 5.74) is 1.97. The van der Waals surface area contributed by atoms with E-state index in [-0.39, 0.29) is 0 Å². The Morgan fingerprint density at radius 1 is 1.14 bits per heavy atom. The summed E-state index contributed by atoms with van der Waals surface area (Å²) < 4.78 is 12.0. The molecule has 0 bridgehead atoms. The lowest BCUT2D eigenvalue weighted by atomic mass is 10.2. The molecule has 1 N–H and O–H groups in total. The number of nitrogens with one attached hydrogen (secondary N) is 1. The SMILES string of the molecule is Cc1nc(-c2ccc(OCCCN3CCCC3C)cc2)oc1CNC1CCCC1. The molecule has 1 aromatic heterocycles. The molecule has 2 heterocycles. The highest BCUT2D eigenvalue weighted by Gasteiger charge is 2.19. The van der Waals surface area contributed by atoms with E-state index in [0.29, 0.717) is 11.9 Å². The van der Waals surface area contributed by atoms with Gasteiger partial charge in [0, 0.05) is 24.2 Å². The van der Waals surface area contributed by atoms with Crippen molar-refractivity contribution < 1.29 is 9.15 Å². The smallest absolute Gasteiger partial charge is 0.226 e. The van der Waals surface area contributed by atoms with Crippen LogP contribution in [-0.4, -0.2) is 41.7 Å². The normalized spacial score (nSPS) is 20.6. The van der Waals surface area contributed by atoms with E-state index < -0.39 is 0 Å². The van der Waals surface area contributed by atoms with Gasteiger partial charge in [0.05, 0.1) is 18.8 Å². The van der Waals surface area contributed by atoms with Crippen LogP contribution >= 0.6 is 0 Å². The van der Waals surface area contributed by atoms with Gasteiger partial charge in [0.1, 0.15) is 11.5 Å². The highest BCUT2D eigenvalue weighted by atomic mass is 16.5. The Kier molecular flexibility index (Phi) is 6.88. The van der Waals surface area contributed by atoms with Gasteiger partial charge in [-0.1, -0.05) is 12.8 Å². The molecule has 0 amide bonds. The average Bonchev–Trinajstić information content (AvgIpc) is 3.46. The Morgan fingerprint density at radius 3 is 2.66 bits per heavy atom. The third-order valence-corrected chi connectivity index (χ3v) is 6.45. The van der Waals surface area contributed by atoms with Crippen molar-refractivity contribution in [2.24, 2.45) is 0 Å². The molecule has 1 aromatic carbocycles. The quantitative estimate of drug-likeness (QED) is 0.608. The Hall–Kier alpha value is -1.85. The van der Waals surface area contributed by atoms with Gasteiger partial charge in [0.2, 0.25) is 5.89 Å². The number of rotatable bonds is 9. The van der Waals surface area contributed by atoms with Crippen molar-refractivity contribution in [2.45, 2.75) is 77.4 Å². The van der Waals surface area contributed by atoms with Crippen LogP contribution in [0.3, 0.4) is 0 Å². The Labute approximate surface area is 174 Å². The number of aryl methyl sites for hydroxylation is 1. The van der Waals surface area contributed by atoms with Crippen LogP contribution in [0, 0.1) is 6.92 Å². The fourth-order valence-electron chi connectivity index (χ4n) is 4.56. The first-order chi connectivity index (χ1) is 14.2. The van der Waals surface area contributed by atoms with Gasteiger partial charge in [-0.3, -0.25) is 0 Å². The second-order valence-electron chi connectivity index (χ2n) is 8.64. The zero-order valence-corrected chi connectivity index (χ0v) is 18.0. The molecule has 1 unspecified atom stereocenters. The Balaban J connectivity index is 1.25. The number of nitrogens with zero attached hydrogens (tertiary/aromatic N) is 2. The summed E-state index contributed by atoms with van der Waals surface area (Å²) in [7, 11) is 0. The fraction of sp³-hybridized carbons (Fsp3) is 0.625. The molecular formula is C24H35N3O2. The minimum atomic E-state index is 0.632. The monoisotopic (exact) mass is 397 g/mol. The lowest BCUT2D eigenvalue weighted by Crippen LogP contribution is -2.28. The minimum absolute atomic E-state index is 0.632. The van der Waals surface area contributed by atoms with Crippen molar-refractivity contribution in [2.75, 3.05) is 19.7 Å². The molecule has 1 atom stereocenters. The van der Waals surface area contributed by atoms with Gasteiger partial charge in [-0.2, -0.15) is 0 Å². The third-order valence-electron chi connectivity index (χ3n) is 6.45. The number of benzene rings is 1. The number of ether oxygens (including phenoxy) is 1. The largest absolute Gasteiger partial charge is 0.494 e. The highest BCUT2D eigenvalue weighted by molar-refractivity contribution is 5.55. The summed E-state index contributed by atoms with van der Waals surface area (Å²) in [6.07, 6.45) is 8.97. The molecule has 158 valence electrons. The second-order valence-corrected chi connectivity index (χ2v) is 8.64. The minimum Gasteiger partial charge on any atom is -0.494 e. The lowest BCUT2D eigenvalue weighted by Gasteiger charge is -2.20. The van der Waals surface area contributed by atoms with Crippen LogP contribution in [-0.2, 0) is 6.54 Å². The maximum Gasteiger partial charge on any atom is 0.226 e. The summed E-state index contributed by atoms with van der Waals surface area (Å²) in [6.45, 7) is 8.25. The summed E-state index contributed by atoms with van der Waals surface area (Å²) in [6, 6.07) is 9.48. The molecule has 2 aliphatic rings. The van der Waals surface area contributed by atoms with Crippen molar-refractivity contribution in [3.05, 3.63) is 35.7 Å². The van der Waals surface area contributed by atoms with Crippen molar-refractivity contribution >= 4 is 0 Å². The van der Waals surface area contributed by atoms with Crippen LogP contribution in [0.4, 0.5) is 0 Å². The molecule has 1 aliphatic carbocycles. The summed E-state index contributed by atoms with van der Waals surface area (Å²) in [5, 5.41) is 3.61. The van der Waals surface area contributed by atoms with Gasteiger partial charge in [-0.25, -0.2) is 4.98 Å². The molecule has 29 heavy (non-hydrogen) atoms. The standard InChI is InChI=1S/C24H35N3O2/c1-18-7-5-14-27(18)15-6-16-28-22-12-10-20(11-13-22)24-26-19(2)23(29-24)17-25-21-8-3-4-9-21/h10-13,18,21,25H,3-9,14-17H2,1-2H3. The lowest BCUT2D eigenvalue weighted by molar-refractivity contribution is 0.230. The molecule has 5 heteroatoms. The van der Waals surface area contributed by atoms with Gasteiger partial charge in [0.15, 0.2) is 0 Å². The third kappa shape index (κ3) is 5.40. The molecular weight excluding hydrogens is 362 g/mol. The van der Waals surface area contributed by atoms with E-state index in [2.05, 4.69) is 22.1 Å². The van der Waals surface area contributed by atoms with E-state index >= 15 is 0 Å². The van der Waals surface area contributed by atoms with Crippen LogP contribution < -0.4 is 10.1 Å². The zero-order chi connectivity index (χ0) is 20.1. The first kappa shape index (κ1) is 20.4. The van der Waals surface area contributed by atoms with E-state index in [1.165, 1.54) is 45.1 Å². The van der Waals surface area contributed by atoms with E-state index in [4.69, 9.17) is 9.15 Å². The predicted octanol–water partition coefficient (Wildman–Crippen LogP) is 4.94. The Morgan fingerprint density at radius 2 is 1.93 bits per heavy atom. The number of hydrogen-bond acceptors (Lipinski definition) is 5. The fourth-order valence-corrected chi connectivity index (χ4v) is 4.56. The van der Waals surface area contributed by atoms with Crippen molar-refractivity contribution in [1.82, 2.24) is 15.2 Å². The maximum atomic E-state index is 6.05. The van der Waals surface area contributed by atoms with Crippen molar-refractivity contribution in [3.63, 3.8) is 0 Å². The first-order valence-corrected chi connectivity index (χ1v) is 11.4. The highest BCUT2D eigenvalue weighted by Crippen LogP contribution is 2.25. The second kappa shape index (κ2) is 9.77. The maximum absolute atomic E-state index is 6.05. The number of hydrogen-bond donors (Lipinski definition) is 1. The van der Waals surface area contributed by atoms with E-state index in [1.54, 1.807) is 0 Å². The first-order valence-electron chi connectivity index (χ1n) is 11.4. The molecule has 2 fully saturated rings. The molecule has 1 saturated carbocycles. The molecule has 1 aliphatic heterocycles. The van der Waals surface area contributed by atoms with Gasteiger partial charge in [-0.05, 0) is 76.8 Å². The molecule has 5 nitrogen and oxygen atoms in total. The molecule has 2 aromatic rings. The predicted molar refractivity (Wildman–Crippen MR) is 116 cm³/mol. The summed E-state index contributed by atoms with van der Waals surface area (Å²) in [4.78, 5) is 7.20. The van der Waals surface area contributed by atoms with Crippen LogP contribution in [0.2, 0.25) is 0 Å². The number of aromatic nitrogens is 1. The average molecular weight is 398 g/mol. The van der Waals surface area contributed by atoms with Crippen LogP contribution in [0.5, 0.6) is 5.75 Å². The topological polar surface area (TPSA) is 50.5 Å². The van der Waals surface area contributed by atoms with Crippen LogP contribution in [0.15, 0.2) is 28.7 Å².